The predicted octanol–water partition coefficient (Wildman–Crippen LogP) is 1.47. The maximum atomic E-state index is 8.83. The maximum absolute atomic E-state index is 8.83. The monoisotopic (exact) mass is 285 g/mol. The summed E-state index contributed by atoms with van der Waals surface area (Å²) >= 11 is 0. The molecule has 2 aromatic heterocycles. The minimum Gasteiger partial charge on any atom is -0.367 e. The van der Waals surface area contributed by atoms with E-state index in [0.717, 1.165) is 19.7 Å². The van der Waals surface area contributed by atoms with Crippen LogP contribution >= 0.6 is 0 Å². The molecule has 2 aliphatic heterocycles. The van der Waals surface area contributed by atoms with Crippen LogP contribution in [0.4, 0.5) is 0 Å². The molecule has 0 amide bonds. The molecule has 2 atom stereocenters. The van der Waals surface area contributed by atoms with E-state index < -0.39 is 0 Å². The lowest BCUT2D eigenvalue weighted by molar-refractivity contribution is -0.0548. The second-order valence-corrected chi connectivity index (χ2v) is 5.48. The first-order chi connectivity index (χ1) is 10.3. The SMILES string of the molecule is N#Cc1c[nH]c(-c2nc(C3CN4CCCC4CO3)no2)c1. The standard InChI is InChI=1S/C14H15N5O2/c15-5-9-4-11(16-6-9)14-17-13(18-21-14)12-7-19-3-1-2-10(19)8-20-12/h4,6,10,12,16H,1-3,7-8H2. The number of ether oxygens (including phenoxy) is 1. The van der Waals surface area contributed by atoms with Crippen molar-refractivity contribution in [3.8, 4) is 17.7 Å². The zero-order valence-corrected chi connectivity index (χ0v) is 11.5. The van der Waals surface area contributed by atoms with Crippen LogP contribution in [0.15, 0.2) is 16.8 Å². The van der Waals surface area contributed by atoms with Crippen molar-refractivity contribution in [1.82, 2.24) is 20.0 Å². The van der Waals surface area contributed by atoms with Crippen molar-refractivity contribution >= 4 is 0 Å². The molecule has 7 heteroatoms. The van der Waals surface area contributed by atoms with Gasteiger partial charge in [-0.25, -0.2) is 0 Å². The number of morpholine rings is 1. The van der Waals surface area contributed by atoms with Gasteiger partial charge in [-0.2, -0.15) is 10.2 Å². The first-order valence-electron chi connectivity index (χ1n) is 7.11. The number of nitrogens with one attached hydrogen (secondary N) is 1. The van der Waals surface area contributed by atoms with E-state index in [0.29, 0.717) is 29.0 Å². The van der Waals surface area contributed by atoms with Crippen molar-refractivity contribution in [1.29, 1.82) is 5.26 Å². The fraction of sp³-hybridized carbons (Fsp3) is 0.500. The molecule has 0 spiro atoms. The van der Waals surface area contributed by atoms with Gasteiger partial charge in [0.2, 0.25) is 5.82 Å². The molecule has 108 valence electrons. The Morgan fingerprint density at radius 2 is 2.43 bits per heavy atom. The second-order valence-electron chi connectivity index (χ2n) is 5.48. The molecule has 2 aliphatic rings. The number of hydrogen-bond acceptors (Lipinski definition) is 6. The van der Waals surface area contributed by atoms with E-state index in [9.17, 15) is 0 Å². The second kappa shape index (κ2) is 4.98. The van der Waals surface area contributed by atoms with Gasteiger partial charge in [-0.1, -0.05) is 5.16 Å². The zero-order chi connectivity index (χ0) is 14.2. The first kappa shape index (κ1) is 12.6. The van der Waals surface area contributed by atoms with E-state index in [-0.39, 0.29) is 6.10 Å². The molecular formula is C14H15N5O2. The zero-order valence-electron chi connectivity index (χ0n) is 11.5. The number of nitrogens with zero attached hydrogens (tertiary/aromatic N) is 4. The van der Waals surface area contributed by atoms with E-state index in [2.05, 4.69) is 26.1 Å². The number of aromatic amines is 1. The average molecular weight is 285 g/mol. The molecule has 7 nitrogen and oxygen atoms in total. The molecule has 4 heterocycles. The Hall–Kier alpha value is -2.17. The third-order valence-corrected chi connectivity index (χ3v) is 4.16. The van der Waals surface area contributed by atoms with Crippen molar-refractivity contribution in [3.05, 3.63) is 23.7 Å². The van der Waals surface area contributed by atoms with Crippen molar-refractivity contribution < 1.29 is 9.26 Å². The quantitative estimate of drug-likeness (QED) is 0.898. The van der Waals surface area contributed by atoms with Gasteiger partial charge in [-0.15, -0.1) is 0 Å². The van der Waals surface area contributed by atoms with Crippen LogP contribution in [0.2, 0.25) is 0 Å². The fourth-order valence-corrected chi connectivity index (χ4v) is 3.03. The van der Waals surface area contributed by atoms with Gasteiger partial charge in [-0.3, -0.25) is 4.90 Å². The smallest absolute Gasteiger partial charge is 0.274 e. The highest BCUT2D eigenvalue weighted by Gasteiger charge is 2.35. The molecule has 0 aliphatic carbocycles. The van der Waals surface area contributed by atoms with Gasteiger partial charge < -0.3 is 14.2 Å². The van der Waals surface area contributed by atoms with Crippen LogP contribution in [0.1, 0.15) is 30.3 Å². The number of aromatic nitrogens is 3. The van der Waals surface area contributed by atoms with E-state index in [1.54, 1.807) is 12.3 Å². The van der Waals surface area contributed by atoms with E-state index in [4.69, 9.17) is 14.5 Å². The summed E-state index contributed by atoms with van der Waals surface area (Å²) in [6.45, 7) is 2.67. The van der Waals surface area contributed by atoms with Gasteiger partial charge in [0, 0.05) is 18.8 Å². The van der Waals surface area contributed by atoms with Crippen LogP contribution in [0.5, 0.6) is 0 Å². The van der Waals surface area contributed by atoms with Crippen LogP contribution in [-0.2, 0) is 4.74 Å². The number of fused-ring (bicyclic) bond motifs is 1. The lowest BCUT2D eigenvalue weighted by Gasteiger charge is -2.33. The third-order valence-electron chi connectivity index (χ3n) is 4.16. The first-order valence-corrected chi connectivity index (χ1v) is 7.11. The topological polar surface area (TPSA) is 91.0 Å². The molecule has 2 unspecified atom stereocenters. The maximum Gasteiger partial charge on any atom is 0.274 e. The predicted molar refractivity (Wildman–Crippen MR) is 72.1 cm³/mol. The molecule has 0 radical (unpaired) electrons. The summed E-state index contributed by atoms with van der Waals surface area (Å²) in [6, 6.07) is 4.30. The van der Waals surface area contributed by atoms with Crippen molar-refractivity contribution in [2.45, 2.75) is 25.0 Å². The Morgan fingerprint density at radius 3 is 3.29 bits per heavy atom. The minimum absolute atomic E-state index is 0.137. The summed E-state index contributed by atoms with van der Waals surface area (Å²) in [5, 5.41) is 12.9. The van der Waals surface area contributed by atoms with Gasteiger partial charge >= 0.3 is 0 Å². The highest BCUT2D eigenvalue weighted by atomic mass is 16.5. The molecule has 0 saturated carbocycles. The highest BCUT2D eigenvalue weighted by Crippen LogP contribution is 2.29. The van der Waals surface area contributed by atoms with Crippen LogP contribution < -0.4 is 0 Å². The summed E-state index contributed by atoms with van der Waals surface area (Å²) in [5.41, 5.74) is 1.19. The normalized spacial score (nSPS) is 25.7. The Kier molecular flexibility index (Phi) is 2.98. The summed E-state index contributed by atoms with van der Waals surface area (Å²) in [4.78, 5) is 9.79. The molecular weight excluding hydrogens is 270 g/mol. The van der Waals surface area contributed by atoms with Gasteiger partial charge in [-0.05, 0) is 25.5 Å². The lowest BCUT2D eigenvalue weighted by atomic mass is 10.2. The van der Waals surface area contributed by atoms with Gasteiger partial charge in [0.05, 0.1) is 12.2 Å². The average Bonchev–Trinajstić information content (AvgIpc) is 3.24. The molecule has 0 bridgehead atoms. The molecule has 2 fully saturated rings. The van der Waals surface area contributed by atoms with Crippen molar-refractivity contribution in [2.24, 2.45) is 0 Å². The summed E-state index contributed by atoms with van der Waals surface area (Å²) < 4.78 is 11.1. The van der Waals surface area contributed by atoms with Crippen LogP contribution in [0.25, 0.3) is 11.6 Å². The fourth-order valence-electron chi connectivity index (χ4n) is 3.03. The molecule has 21 heavy (non-hydrogen) atoms. The van der Waals surface area contributed by atoms with Gasteiger partial charge in [0.1, 0.15) is 17.9 Å². The lowest BCUT2D eigenvalue weighted by Crippen LogP contribution is -2.42. The summed E-state index contributed by atoms with van der Waals surface area (Å²) in [5.74, 6) is 0.960. The minimum atomic E-state index is -0.137. The third kappa shape index (κ3) is 2.22. The molecule has 0 aromatic carbocycles. The van der Waals surface area contributed by atoms with E-state index >= 15 is 0 Å². The van der Waals surface area contributed by atoms with Crippen molar-refractivity contribution in [2.75, 3.05) is 19.7 Å². The van der Waals surface area contributed by atoms with Crippen LogP contribution in [0.3, 0.4) is 0 Å². The largest absolute Gasteiger partial charge is 0.367 e. The van der Waals surface area contributed by atoms with Gasteiger partial charge in [0.25, 0.3) is 5.89 Å². The van der Waals surface area contributed by atoms with E-state index in [1.165, 1.54) is 12.8 Å². The van der Waals surface area contributed by atoms with Crippen LogP contribution in [-0.4, -0.2) is 45.8 Å². The molecule has 1 N–H and O–H groups in total. The number of nitriles is 1. The van der Waals surface area contributed by atoms with Crippen molar-refractivity contribution in [3.63, 3.8) is 0 Å². The van der Waals surface area contributed by atoms with E-state index in [1.807, 2.05) is 0 Å². The Bertz CT molecular complexity index is 686. The number of rotatable bonds is 2. The Labute approximate surface area is 121 Å². The molecule has 2 aromatic rings. The number of hydrogen-bond donors (Lipinski definition) is 1. The Balaban J connectivity index is 1.53. The Morgan fingerprint density at radius 1 is 1.48 bits per heavy atom. The van der Waals surface area contributed by atoms with Crippen LogP contribution in [0, 0.1) is 11.3 Å². The summed E-state index contributed by atoms with van der Waals surface area (Å²) in [7, 11) is 0. The molecule has 2 saturated heterocycles. The molecule has 4 rings (SSSR count). The van der Waals surface area contributed by atoms with Gasteiger partial charge in [0.15, 0.2) is 0 Å². The summed E-state index contributed by atoms with van der Waals surface area (Å²) in [6.07, 6.45) is 3.93. The number of H-pyrrole nitrogens is 1. The highest BCUT2D eigenvalue weighted by molar-refractivity contribution is 5.51.